The molecule has 1 aromatic heterocycles. The first kappa shape index (κ1) is 20.2. The van der Waals surface area contributed by atoms with Crippen molar-refractivity contribution in [3.63, 3.8) is 0 Å². The van der Waals surface area contributed by atoms with E-state index < -0.39 is 0 Å². The van der Waals surface area contributed by atoms with Crippen LogP contribution in [-0.2, 0) is 0 Å². The van der Waals surface area contributed by atoms with Crippen LogP contribution < -0.4 is 16.0 Å². The van der Waals surface area contributed by atoms with Gasteiger partial charge in [0.1, 0.15) is 5.82 Å². The Kier molecular flexibility index (Phi) is 8.71. The Morgan fingerprint density at radius 3 is 2.72 bits per heavy atom. The minimum absolute atomic E-state index is 0. The number of nitrogens with zero attached hydrogens (tertiary/aromatic N) is 3. The lowest BCUT2D eigenvalue weighted by atomic mass is 9.69. The number of halogens is 1. The average molecular weight is 458 g/mol. The quantitative estimate of drug-likeness (QED) is 0.274. The lowest BCUT2D eigenvalue weighted by molar-refractivity contribution is 0.150. The molecule has 3 N–H and O–H groups in total. The molecule has 0 aromatic carbocycles. The van der Waals surface area contributed by atoms with Crippen molar-refractivity contribution in [2.45, 2.75) is 51.0 Å². The number of aliphatic imine (C=N–C) groups is 1. The van der Waals surface area contributed by atoms with E-state index in [2.05, 4.69) is 30.9 Å². The maximum absolute atomic E-state index is 4.37. The molecule has 2 saturated carbocycles. The normalized spacial score (nSPS) is 26.1. The standard InChI is InChI=1S/C18H30N6.HI/c1-19-18(23-11-10-22-17-13-20-8-9-21-17)24-16-7-6-14-4-2-3-5-15(14)12-16;/h8-9,13-16H,2-7,10-12H2,1H3,(H,21,22)(H2,19,23,24);1H. The van der Waals surface area contributed by atoms with Gasteiger partial charge in [-0.1, -0.05) is 25.7 Å². The molecule has 0 spiro atoms. The zero-order valence-electron chi connectivity index (χ0n) is 15.1. The third-order valence-corrected chi connectivity index (χ3v) is 5.39. The zero-order valence-corrected chi connectivity index (χ0v) is 17.4. The van der Waals surface area contributed by atoms with E-state index in [0.717, 1.165) is 36.7 Å². The van der Waals surface area contributed by atoms with Gasteiger partial charge < -0.3 is 16.0 Å². The highest BCUT2D eigenvalue weighted by Gasteiger charge is 2.32. The van der Waals surface area contributed by atoms with Gasteiger partial charge in [-0.05, 0) is 31.1 Å². The monoisotopic (exact) mass is 458 g/mol. The number of guanidine groups is 1. The second kappa shape index (κ2) is 10.8. The van der Waals surface area contributed by atoms with Crippen molar-refractivity contribution < 1.29 is 0 Å². The molecule has 0 bridgehead atoms. The third kappa shape index (κ3) is 6.27. The summed E-state index contributed by atoms with van der Waals surface area (Å²) < 4.78 is 0. The zero-order chi connectivity index (χ0) is 16.6. The maximum atomic E-state index is 4.37. The topological polar surface area (TPSA) is 74.2 Å². The predicted molar refractivity (Wildman–Crippen MR) is 114 cm³/mol. The highest BCUT2D eigenvalue weighted by Crippen LogP contribution is 2.40. The molecule has 1 aromatic rings. The van der Waals surface area contributed by atoms with Crippen molar-refractivity contribution in [1.82, 2.24) is 20.6 Å². The number of hydrogen-bond acceptors (Lipinski definition) is 4. The summed E-state index contributed by atoms with van der Waals surface area (Å²) in [4.78, 5) is 12.6. The van der Waals surface area contributed by atoms with Crippen LogP contribution in [0, 0.1) is 11.8 Å². The molecule has 140 valence electrons. The second-order valence-corrected chi connectivity index (χ2v) is 6.98. The Morgan fingerprint density at radius 2 is 1.96 bits per heavy atom. The van der Waals surface area contributed by atoms with Crippen molar-refractivity contribution in [2.75, 3.05) is 25.5 Å². The Bertz CT molecular complexity index is 524. The maximum Gasteiger partial charge on any atom is 0.191 e. The predicted octanol–water partition coefficient (Wildman–Crippen LogP) is 3.03. The van der Waals surface area contributed by atoms with Gasteiger partial charge in [-0.15, -0.1) is 24.0 Å². The summed E-state index contributed by atoms with van der Waals surface area (Å²) in [6, 6.07) is 0.573. The fraction of sp³-hybridized carbons (Fsp3) is 0.722. The van der Waals surface area contributed by atoms with E-state index >= 15 is 0 Å². The van der Waals surface area contributed by atoms with E-state index in [1.165, 1.54) is 44.9 Å². The number of fused-ring (bicyclic) bond motifs is 1. The van der Waals surface area contributed by atoms with Crippen LogP contribution in [0.3, 0.4) is 0 Å². The molecule has 2 fully saturated rings. The van der Waals surface area contributed by atoms with Crippen LogP contribution in [0.1, 0.15) is 44.9 Å². The van der Waals surface area contributed by atoms with Gasteiger partial charge in [0, 0.05) is 38.6 Å². The van der Waals surface area contributed by atoms with Crippen LogP contribution in [0.2, 0.25) is 0 Å². The molecule has 6 nitrogen and oxygen atoms in total. The molecule has 0 amide bonds. The second-order valence-electron chi connectivity index (χ2n) is 6.98. The summed E-state index contributed by atoms with van der Waals surface area (Å²) in [5.74, 6) is 3.64. The van der Waals surface area contributed by atoms with E-state index in [1.54, 1.807) is 18.6 Å². The van der Waals surface area contributed by atoms with E-state index in [1.807, 2.05) is 7.05 Å². The Morgan fingerprint density at radius 1 is 1.12 bits per heavy atom. The van der Waals surface area contributed by atoms with Crippen LogP contribution in [0.5, 0.6) is 0 Å². The van der Waals surface area contributed by atoms with Gasteiger partial charge in [-0.2, -0.15) is 0 Å². The van der Waals surface area contributed by atoms with Crippen LogP contribution in [0.25, 0.3) is 0 Å². The molecular formula is C18H31IN6. The molecule has 3 unspecified atom stereocenters. The van der Waals surface area contributed by atoms with E-state index in [4.69, 9.17) is 0 Å². The van der Waals surface area contributed by atoms with E-state index in [0.29, 0.717) is 6.04 Å². The minimum atomic E-state index is 0. The largest absolute Gasteiger partial charge is 0.367 e. The molecule has 25 heavy (non-hydrogen) atoms. The number of anilines is 1. The van der Waals surface area contributed by atoms with Gasteiger partial charge in [0.05, 0.1) is 6.20 Å². The molecule has 0 radical (unpaired) electrons. The fourth-order valence-electron chi connectivity index (χ4n) is 4.15. The highest BCUT2D eigenvalue weighted by atomic mass is 127. The number of rotatable bonds is 5. The average Bonchev–Trinajstić information content (AvgIpc) is 2.65. The van der Waals surface area contributed by atoms with Gasteiger partial charge in [-0.25, -0.2) is 4.98 Å². The first-order chi connectivity index (χ1) is 11.8. The SMILES string of the molecule is CN=C(NCCNc1cnccn1)NC1CCC2CCCCC2C1.I. The van der Waals surface area contributed by atoms with Crippen molar-refractivity contribution in [1.29, 1.82) is 0 Å². The molecule has 7 heteroatoms. The van der Waals surface area contributed by atoms with Gasteiger partial charge in [0.15, 0.2) is 5.96 Å². The van der Waals surface area contributed by atoms with E-state index in [9.17, 15) is 0 Å². The molecule has 2 aliphatic rings. The van der Waals surface area contributed by atoms with Crippen molar-refractivity contribution >= 4 is 35.8 Å². The summed E-state index contributed by atoms with van der Waals surface area (Å²) in [7, 11) is 1.84. The smallest absolute Gasteiger partial charge is 0.191 e. The lowest BCUT2D eigenvalue weighted by Gasteiger charge is -2.39. The van der Waals surface area contributed by atoms with E-state index in [-0.39, 0.29) is 24.0 Å². The summed E-state index contributed by atoms with van der Waals surface area (Å²) >= 11 is 0. The number of nitrogens with one attached hydrogen (secondary N) is 3. The van der Waals surface area contributed by atoms with Gasteiger partial charge in [-0.3, -0.25) is 9.98 Å². The van der Waals surface area contributed by atoms with Crippen molar-refractivity contribution in [2.24, 2.45) is 16.8 Å². The molecule has 3 rings (SSSR count). The van der Waals surface area contributed by atoms with Crippen LogP contribution in [0.4, 0.5) is 5.82 Å². The van der Waals surface area contributed by atoms with Gasteiger partial charge in [0.25, 0.3) is 0 Å². The highest BCUT2D eigenvalue weighted by molar-refractivity contribution is 14.0. The Balaban J connectivity index is 0.00000225. The Hall–Kier alpha value is -1.12. The van der Waals surface area contributed by atoms with Crippen molar-refractivity contribution in [3.8, 4) is 0 Å². The molecule has 2 aliphatic carbocycles. The Labute approximate surface area is 168 Å². The van der Waals surface area contributed by atoms with Crippen molar-refractivity contribution in [3.05, 3.63) is 18.6 Å². The number of hydrogen-bond donors (Lipinski definition) is 3. The number of aromatic nitrogens is 2. The summed E-state index contributed by atoms with van der Waals surface area (Å²) in [5, 5.41) is 10.3. The first-order valence-electron chi connectivity index (χ1n) is 9.32. The van der Waals surface area contributed by atoms with Crippen LogP contribution >= 0.6 is 24.0 Å². The van der Waals surface area contributed by atoms with Gasteiger partial charge in [0.2, 0.25) is 0 Å². The summed E-state index contributed by atoms with van der Waals surface area (Å²) in [6.07, 6.45) is 14.8. The first-order valence-corrected chi connectivity index (χ1v) is 9.32. The molecule has 0 saturated heterocycles. The third-order valence-electron chi connectivity index (χ3n) is 5.39. The minimum Gasteiger partial charge on any atom is -0.367 e. The van der Waals surface area contributed by atoms with Crippen LogP contribution in [-0.4, -0.2) is 42.1 Å². The molecule has 1 heterocycles. The summed E-state index contributed by atoms with van der Waals surface area (Å²) in [5.41, 5.74) is 0. The van der Waals surface area contributed by atoms with Gasteiger partial charge >= 0.3 is 0 Å². The summed E-state index contributed by atoms with van der Waals surface area (Å²) in [6.45, 7) is 1.59. The van der Waals surface area contributed by atoms with Crippen LogP contribution in [0.15, 0.2) is 23.6 Å². The molecule has 3 atom stereocenters. The molecular weight excluding hydrogens is 427 g/mol. The molecule has 0 aliphatic heterocycles. The lowest BCUT2D eigenvalue weighted by Crippen LogP contribution is -2.47. The fourth-order valence-corrected chi connectivity index (χ4v) is 4.15.